The minimum atomic E-state index is -1.26. The van der Waals surface area contributed by atoms with E-state index in [1.54, 1.807) is 17.9 Å². The van der Waals surface area contributed by atoms with Crippen LogP contribution in [-0.4, -0.2) is 20.8 Å². The smallest absolute Gasteiger partial charge is 0.254 e. The molecule has 0 spiro atoms. The van der Waals surface area contributed by atoms with Gasteiger partial charge in [0, 0.05) is 29.8 Å². The van der Waals surface area contributed by atoms with Crippen LogP contribution >= 0.6 is 0 Å². The van der Waals surface area contributed by atoms with Crippen LogP contribution in [0.15, 0.2) is 41.1 Å². The van der Waals surface area contributed by atoms with Crippen molar-refractivity contribution < 1.29 is 14.3 Å². The third kappa shape index (κ3) is 3.30. The Kier molecular flexibility index (Phi) is 4.63. The monoisotopic (exact) mass is 341 g/mol. The van der Waals surface area contributed by atoms with Crippen molar-refractivity contribution in [1.82, 2.24) is 15.1 Å². The lowest BCUT2D eigenvalue weighted by Gasteiger charge is -2.22. The van der Waals surface area contributed by atoms with Gasteiger partial charge in [-0.25, -0.2) is 0 Å². The standard InChI is InChI=1S/C19H23N3O3/c1-11(2)16(18-12(3)14-7-5-6-8-15(14)25-18)21-19(24)17(23)13-9-20-22(4)10-13/h5-11,16-17,23H,1-4H3,(H,21,24). The summed E-state index contributed by atoms with van der Waals surface area (Å²) in [6, 6.07) is 7.47. The second-order valence-electron chi connectivity index (χ2n) is 6.67. The number of nitrogens with zero attached hydrogens (tertiary/aromatic N) is 2. The average molecular weight is 341 g/mol. The molecule has 2 atom stereocenters. The van der Waals surface area contributed by atoms with Gasteiger partial charge in [0.15, 0.2) is 6.10 Å². The molecule has 6 nitrogen and oxygen atoms in total. The Balaban J connectivity index is 1.88. The zero-order valence-corrected chi connectivity index (χ0v) is 14.9. The van der Waals surface area contributed by atoms with Gasteiger partial charge in [0.2, 0.25) is 0 Å². The highest BCUT2D eigenvalue weighted by Crippen LogP contribution is 2.33. The minimum absolute atomic E-state index is 0.101. The number of furan rings is 1. The zero-order chi connectivity index (χ0) is 18.1. The van der Waals surface area contributed by atoms with E-state index in [2.05, 4.69) is 10.4 Å². The molecule has 1 amide bonds. The number of carbonyl (C=O) groups excluding carboxylic acids is 1. The Morgan fingerprint density at radius 2 is 2.04 bits per heavy atom. The van der Waals surface area contributed by atoms with Crippen LogP contribution in [0.3, 0.4) is 0 Å². The molecule has 2 N–H and O–H groups in total. The lowest BCUT2D eigenvalue weighted by atomic mass is 9.97. The van der Waals surface area contributed by atoms with Crippen molar-refractivity contribution in [2.24, 2.45) is 13.0 Å². The van der Waals surface area contributed by atoms with Crippen LogP contribution in [0.2, 0.25) is 0 Å². The Labute approximate surface area is 146 Å². The number of aliphatic hydroxyl groups excluding tert-OH is 1. The topological polar surface area (TPSA) is 80.3 Å². The maximum atomic E-state index is 12.5. The number of rotatable bonds is 5. The predicted molar refractivity (Wildman–Crippen MR) is 94.8 cm³/mol. The minimum Gasteiger partial charge on any atom is -0.459 e. The van der Waals surface area contributed by atoms with Crippen molar-refractivity contribution in [3.63, 3.8) is 0 Å². The summed E-state index contributed by atoms with van der Waals surface area (Å²) in [5, 5.41) is 18.2. The quantitative estimate of drug-likeness (QED) is 0.747. The molecule has 0 saturated carbocycles. The molecular formula is C19H23N3O3. The van der Waals surface area contributed by atoms with E-state index >= 15 is 0 Å². The van der Waals surface area contributed by atoms with Gasteiger partial charge in [-0.3, -0.25) is 9.48 Å². The number of aliphatic hydroxyl groups is 1. The van der Waals surface area contributed by atoms with Gasteiger partial charge in [0.25, 0.3) is 5.91 Å². The molecule has 3 rings (SSSR count). The van der Waals surface area contributed by atoms with Gasteiger partial charge >= 0.3 is 0 Å². The summed E-state index contributed by atoms with van der Waals surface area (Å²) in [4.78, 5) is 12.5. The maximum absolute atomic E-state index is 12.5. The number of para-hydroxylation sites is 1. The number of fused-ring (bicyclic) bond motifs is 1. The van der Waals surface area contributed by atoms with Crippen LogP contribution in [0.4, 0.5) is 0 Å². The Bertz CT molecular complexity index is 894. The Morgan fingerprint density at radius 1 is 1.32 bits per heavy atom. The van der Waals surface area contributed by atoms with Gasteiger partial charge in [-0.15, -0.1) is 0 Å². The van der Waals surface area contributed by atoms with Crippen LogP contribution in [0.1, 0.15) is 42.9 Å². The summed E-state index contributed by atoms with van der Waals surface area (Å²) in [6.45, 7) is 6.00. The van der Waals surface area contributed by atoms with Gasteiger partial charge < -0.3 is 14.8 Å². The lowest BCUT2D eigenvalue weighted by Crippen LogP contribution is -2.35. The number of carbonyl (C=O) groups is 1. The van der Waals surface area contributed by atoms with Gasteiger partial charge in [-0.1, -0.05) is 32.0 Å². The van der Waals surface area contributed by atoms with Gasteiger partial charge in [-0.05, 0) is 18.9 Å². The van der Waals surface area contributed by atoms with Crippen molar-refractivity contribution in [3.8, 4) is 0 Å². The Hall–Kier alpha value is -2.60. The molecule has 0 fully saturated rings. The number of amides is 1. The molecule has 2 aromatic heterocycles. The van der Waals surface area contributed by atoms with E-state index in [4.69, 9.17) is 4.42 Å². The number of benzene rings is 1. The van der Waals surface area contributed by atoms with Gasteiger partial charge in [0.05, 0.1) is 12.2 Å². The van der Waals surface area contributed by atoms with Crippen LogP contribution in [0.25, 0.3) is 11.0 Å². The highest BCUT2D eigenvalue weighted by molar-refractivity contribution is 5.84. The highest BCUT2D eigenvalue weighted by atomic mass is 16.3. The first kappa shape index (κ1) is 17.2. The molecule has 0 saturated heterocycles. The molecule has 0 bridgehead atoms. The van der Waals surface area contributed by atoms with E-state index in [1.807, 2.05) is 45.0 Å². The third-order valence-electron chi connectivity index (χ3n) is 4.42. The van der Waals surface area contributed by atoms with Crippen LogP contribution in [-0.2, 0) is 11.8 Å². The largest absolute Gasteiger partial charge is 0.459 e. The van der Waals surface area contributed by atoms with Crippen molar-refractivity contribution in [2.45, 2.75) is 32.9 Å². The normalized spacial score (nSPS) is 14.0. The summed E-state index contributed by atoms with van der Waals surface area (Å²) in [5.41, 5.74) is 2.26. The second kappa shape index (κ2) is 6.72. The van der Waals surface area contributed by atoms with Crippen molar-refractivity contribution >= 4 is 16.9 Å². The van der Waals surface area contributed by atoms with Crippen LogP contribution < -0.4 is 5.32 Å². The molecule has 6 heteroatoms. The number of aryl methyl sites for hydroxylation is 2. The zero-order valence-electron chi connectivity index (χ0n) is 14.9. The molecule has 0 aliphatic carbocycles. The number of hydrogen-bond donors (Lipinski definition) is 2. The van der Waals surface area contributed by atoms with E-state index in [9.17, 15) is 9.90 Å². The first-order valence-corrected chi connectivity index (χ1v) is 8.33. The number of aromatic nitrogens is 2. The van der Waals surface area contributed by atoms with E-state index in [0.29, 0.717) is 5.56 Å². The number of hydrogen-bond acceptors (Lipinski definition) is 4. The van der Waals surface area contributed by atoms with E-state index in [-0.39, 0.29) is 12.0 Å². The van der Waals surface area contributed by atoms with Gasteiger partial charge in [-0.2, -0.15) is 5.10 Å². The van der Waals surface area contributed by atoms with Crippen LogP contribution in [0, 0.1) is 12.8 Å². The fourth-order valence-corrected chi connectivity index (χ4v) is 2.99. The van der Waals surface area contributed by atoms with Crippen molar-refractivity contribution in [2.75, 3.05) is 0 Å². The summed E-state index contributed by atoms with van der Waals surface area (Å²) in [5.74, 6) is 0.360. The summed E-state index contributed by atoms with van der Waals surface area (Å²) < 4.78 is 7.55. The van der Waals surface area contributed by atoms with Crippen molar-refractivity contribution in [3.05, 3.63) is 53.5 Å². The molecule has 3 aromatic rings. The summed E-state index contributed by atoms with van der Waals surface area (Å²) in [7, 11) is 1.74. The van der Waals surface area contributed by atoms with Crippen molar-refractivity contribution in [1.29, 1.82) is 0 Å². The SMILES string of the molecule is Cc1c(C(NC(=O)C(O)c2cnn(C)c2)C(C)C)oc2ccccc12. The molecular weight excluding hydrogens is 318 g/mol. The lowest BCUT2D eigenvalue weighted by molar-refractivity contribution is -0.130. The molecule has 25 heavy (non-hydrogen) atoms. The van der Waals surface area contributed by atoms with E-state index in [1.165, 1.54) is 6.20 Å². The Morgan fingerprint density at radius 3 is 2.64 bits per heavy atom. The maximum Gasteiger partial charge on any atom is 0.254 e. The molecule has 0 aliphatic rings. The predicted octanol–water partition coefficient (Wildman–Crippen LogP) is 3.02. The first-order valence-electron chi connectivity index (χ1n) is 8.33. The van der Waals surface area contributed by atoms with Gasteiger partial charge in [0.1, 0.15) is 11.3 Å². The summed E-state index contributed by atoms with van der Waals surface area (Å²) in [6.07, 6.45) is 1.85. The van der Waals surface area contributed by atoms with Crippen LogP contribution in [0.5, 0.6) is 0 Å². The number of nitrogens with one attached hydrogen (secondary N) is 1. The molecule has 0 aliphatic heterocycles. The molecule has 2 unspecified atom stereocenters. The summed E-state index contributed by atoms with van der Waals surface area (Å²) >= 11 is 0. The van der Waals surface area contributed by atoms with E-state index < -0.39 is 12.0 Å². The fraction of sp³-hybridized carbons (Fsp3) is 0.368. The highest BCUT2D eigenvalue weighted by Gasteiger charge is 2.28. The average Bonchev–Trinajstić information content (AvgIpc) is 3.16. The third-order valence-corrected chi connectivity index (χ3v) is 4.42. The first-order chi connectivity index (χ1) is 11.9. The molecule has 2 heterocycles. The second-order valence-corrected chi connectivity index (χ2v) is 6.67. The molecule has 0 radical (unpaired) electrons. The molecule has 132 valence electrons. The fourth-order valence-electron chi connectivity index (χ4n) is 2.99. The molecule has 1 aromatic carbocycles. The van der Waals surface area contributed by atoms with E-state index in [0.717, 1.165) is 22.3 Å².